The Balaban J connectivity index is 5.10. The maximum atomic E-state index is 2.50. The average Bonchev–Trinajstić information content (AvgIpc) is 2.17. The zero-order valence-corrected chi connectivity index (χ0v) is 13.0. The molecule has 0 aliphatic carbocycles. The Morgan fingerprint density at radius 3 is 1.69 bits per heavy atom. The fourth-order valence-electron chi connectivity index (χ4n) is 3.77. The van der Waals surface area contributed by atoms with Gasteiger partial charge in [-0.3, -0.25) is 0 Å². The molecular weight excluding hydrogens is 192 g/mol. The summed E-state index contributed by atoms with van der Waals surface area (Å²) in [5.41, 5.74) is 0.938. The Labute approximate surface area is 104 Å². The van der Waals surface area contributed by atoms with E-state index in [0.29, 0.717) is 10.8 Å². The van der Waals surface area contributed by atoms with E-state index in [1.807, 2.05) is 0 Å². The summed E-state index contributed by atoms with van der Waals surface area (Å²) in [5.74, 6) is 1.63. The van der Waals surface area contributed by atoms with Gasteiger partial charge in [-0.15, -0.1) is 0 Å². The van der Waals surface area contributed by atoms with E-state index >= 15 is 0 Å². The lowest BCUT2D eigenvalue weighted by Gasteiger charge is -2.50. The fourth-order valence-corrected chi connectivity index (χ4v) is 3.77. The van der Waals surface area contributed by atoms with Crippen LogP contribution in [0.4, 0.5) is 0 Å². The zero-order valence-electron chi connectivity index (χ0n) is 13.0. The molecule has 0 aromatic carbocycles. The molecule has 0 aliphatic rings. The van der Waals surface area contributed by atoms with Gasteiger partial charge in [0.25, 0.3) is 0 Å². The zero-order chi connectivity index (χ0) is 13.0. The highest BCUT2D eigenvalue weighted by Crippen LogP contribution is 2.52. The van der Waals surface area contributed by atoms with Crippen LogP contribution in [0.2, 0.25) is 0 Å². The van der Waals surface area contributed by atoms with Crippen molar-refractivity contribution in [2.75, 3.05) is 0 Å². The number of hydrogen-bond acceptors (Lipinski definition) is 0. The molecule has 0 bridgehead atoms. The topological polar surface area (TPSA) is 0 Å². The van der Waals surface area contributed by atoms with Gasteiger partial charge in [0, 0.05) is 0 Å². The Kier molecular flexibility index (Phi) is 6.07. The van der Waals surface area contributed by atoms with Gasteiger partial charge in [0.05, 0.1) is 0 Å². The maximum absolute atomic E-state index is 2.50. The van der Waals surface area contributed by atoms with Gasteiger partial charge in [-0.25, -0.2) is 0 Å². The van der Waals surface area contributed by atoms with Crippen molar-refractivity contribution in [2.24, 2.45) is 22.7 Å². The molecule has 0 heterocycles. The van der Waals surface area contributed by atoms with E-state index in [1.54, 1.807) is 0 Å². The highest BCUT2D eigenvalue weighted by atomic mass is 14.5. The predicted octanol–water partition coefficient (Wildman–Crippen LogP) is 5.91. The van der Waals surface area contributed by atoms with Crippen molar-refractivity contribution in [3.63, 3.8) is 0 Å². The van der Waals surface area contributed by atoms with Crippen molar-refractivity contribution in [2.45, 2.75) is 81.1 Å². The Morgan fingerprint density at radius 2 is 1.44 bits per heavy atom. The van der Waals surface area contributed by atoms with Crippen molar-refractivity contribution in [3.8, 4) is 0 Å². The summed E-state index contributed by atoms with van der Waals surface area (Å²) in [6.07, 6.45) is 5.28. The van der Waals surface area contributed by atoms with E-state index in [-0.39, 0.29) is 0 Å². The van der Waals surface area contributed by atoms with Crippen molar-refractivity contribution < 1.29 is 0 Å². The van der Waals surface area contributed by atoms with Crippen LogP contribution in [0.3, 0.4) is 0 Å². The van der Waals surface area contributed by atoms with Crippen LogP contribution in [-0.4, -0.2) is 0 Å². The molecule has 0 saturated carbocycles. The van der Waals surface area contributed by atoms with Gasteiger partial charge in [-0.05, 0) is 29.1 Å². The smallest absolute Gasteiger partial charge is 0.0270 e. The van der Waals surface area contributed by atoms with Crippen molar-refractivity contribution in [1.82, 2.24) is 0 Å². The summed E-state index contributed by atoms with van der Waals surface area (Å²) in [6.45, 7) is 19.3. The van der Waals surface area contributed by atoms with Gasteiger partial charge in [-0.1, -0.05) is 74.7 Å². The third-order valence-corrected chi connectivity index (χ3v) is 5.31. The van der Waals surface area contributed by atoms with Crippen molar-refractivity contribution in [3.05, 3.63) is 0 Å². The first kappa shape index (κ1) is 16.0. The Morgan fingerprint density at radius 1 is 0.938 bits per heavy atom. The summed E-state index contributed by atoms with van der Waals surface area (Å²) in [7, 11) is 0. The third kappa shape index (κ3) is 3.02. The van der Waals surface area contributed by atoms with Crippen molar-refractivity contribution >= 4 is 0 Å². The molecule has 0 spiro atoms. The molecule has 0 aliphatic heterocycles. The van der Waals surface area contributed by atoms with E-state index in [4.69, 9.17) is 0 Å². The Hall–Kier alpha value is 0. The molecule has 0 heteroatoms. The lowest BCUT2D eigenvalue weighted by atomic mass is 9.54. The quantitative estimate of drug-likeness (QED) is 0.506. The minimum atomic E-state index is 0.445. The van der Waals surface area contributed by atoms with Gasteiger partial charge < -0.3 is 0 Å². The first-order valence-electron chi connectivity index (χ1n) is 7.26. The van der Waals surface area contributed by atoms with E-state index in [9.17, 15) is 0 Å². The summed E-state index contributed by atoms with van der Waals surface area (Å²) in [6, 6.07) is 0. The predicted molar refractivity (Wildman–Crippen MR) is 75.7 cm³/mol. The standard InChI is InChI=1S/C16H34/c1-9-12-16(8,11-3)15(6,7)14(10-2)13(4)5/h13-14H,9-12H2,1-8H3. The summed E-state index contributed by atoms with van der Waals surface area (Å²) < 4.78 is 0. The molecule has 0 aromatic rings. The maximum Gasteiger partial charge on any atom is -0.0270 e. The highest BCUT2D eigenvalue weighted by Gasteiger charge is 2.44. The van der Waals surface area contributed by atoms with Crippen LogP contribution >= 0.6 is 0 Å². The largest absolute Gasteiger partial charge is 0.0654 e. The molecule has 0 saturated heterocycles. The first-order chi connectivity index (χ1) is 7.26. The van der Waals surface area contributed by atoms with E-state index in [1.165, 1.54) is 25.7 Å². The summed E-state index contributed by atoms with van der Waals surface area (Å²) >= 11 is 0. The normalized spacial score (nSPS) is 18.6. The molecule has 0 radical (unpaired) electrons. The minimum absolute atomic E-state index is 0.445. The van der Waals surface area contributed by atoms with Gasteiger partial charge in [0.2, 0.25) is 0 Å². The van der Waals surface area contributed by atoms with Crippen LogP contribution in [-0.2, 0) is 0 Å². The molecule has 16 heavy (non-hydrogen) atoms. The lowest BCUT2D eigenvalue weighted by molar-refractivity contribution is -0.0114. The average molecular weight is 226 g/mol. The van der Waals surface area contributed by atoms with Crippen LogP contribution in [0.15, 0.2) is 0 Å². The molecule has 0 rings (SSSR count). The van der Waals surface area contributed by atoms with E-state index < -0.39 is 0 Å². The van der Waals surface area contributed by atoms with Crippen LogP contribution in [0, 0.1) is 22.7 Å². The molecule has 0 amide bonds. The van der Waals surface area contributed by atoms with Gasteiger partial charge in [0.15, 0.2) is 0 Å². The molecule has 2 atom stereocenters. The monoisotopic (exact) mass is 226 g/mol. The summed E-state index contributed by atoms with van der Waals surface area (Å²) in [5, 5.41) is 0. The first-order valence-corrected chi connectivity index (χ1v) is 7.26. The van der Waals surface area contributed by atoms with Crippen LogP contribution in [0.1, 0.15) is 81.1 Å². The number of hydrogen-bond donors (Lipinski definition) is 0. The fraction of sp³-hybridized carbons (Fsp3) is 1.00. The molecule has 0 fully saturated rings. The number of rotatable bonds is 7. The second kappa shape index (κ2) is 6.07. The highest BCUT2D eigenvalue weighted by molar-refractivity contribution is 4.93. The van der Waals surface area contributed by atoms with Crippen LogP contribution < -0.4 is 0 Å². The van der Waals surface area contributed by atoms with Gasteiger partial charge in [0.1, 0.15) is 0 Å². The molecule has 2 unspecified atom stereocenters. The van der Waals surface area contributed by atoms with Gasteiger partial charge in [-0.2, -0.15) is 0 Å². The minimum Gasteiger partial charge on any atom is -0.0654 e. The van der Waals surface area contributed by atoms with Gasteiger partial charge >= 0.3 is 0 Å². The molecule has 0 N–H and O–H groups in total. The third-order valence-electron chi connectivity index (χ3n) is 5.31. The Bertz CT molecular complexity index is 190. The second-order valence-electron chi connectivity index (χ2n) is 6.64. The van der Waals surface area contributed by atoms with E-state index in [0.717, 1.165) is 11.8 Å². The molecule has 0 nitrogen and oxygen atoms in total. The van der Waals surface area contributed by atoms with Crippen molar-refractivity contribution in [1.29, 1.82) is 0 Å². The van der Waals surface area contributed by atoms with Crippen LogP contribution in [0.25, 0.3) is 0 Å². The molecule has 98 valence electrons. The summed E-state index contributed by atoms with van der Waals surface area (Å²) in [4.78, 5) is 0. The molecule has 0 aromatic heterocycles. The second-order valence-corrected chi connectivity index (χ2v) is 6.64. The SMILES string of the molecule is CCCC(C)(CC)C(C)(C)C(CC)C(C)C. The molecular formula is C16H34. The van der Waals surface area contributed by atoms with E-state index in [2.05, 4.69) is 55.4 Å². The van der Waals surface area contributed by atoms with Crippen LogP contribution in [0.5, 0.6) is 0 Å². The lowest BCUT2D eigenvalue weighted by Crippen LogP contribution is -2.42.